The van der Waals surface area contributed by atoms with Gasteiger partial charge in [0, 0.05) is 12.6 Å². The SMILES string of the molecule is CCNC(=S)NNC(=O)[C@@H](C)Oc1ccc(F)cc1F. The molecular weight excluding hydrogens is 288 g/mol. The first-order valence-electron chi connectivity index (χ1n) is 5.89. The van der Waals surface area contributed by atoms with Crippen LogP contribution in [0.3, 0.4) is 0 Å². The van der Waals surface area contributed by atoms with Crippen molar-refractivity contribution in [1.82, 2.24) is 16.2 Å². The summed E-state index contributed by atoms with van der Waals surface area (Å²) in [5, 5.41) is 3.02. The Morgan fingerprint density at radius 2 is 2.10 bits per heavy atom. The van der Waals surface area contributed by atoms with Crippen LogP contribution in [0, 0.1) is 11.6 Å². The van der Waals surface area contributed by atoms with Gasteiger partial charge in [-0.15, -0.1) is 0 Å². The predicted octanol–water partition coefficient (Wildman–Crippen LogP) is 1.25. The van der Waals surface area contributed by atoms with Crippen LogP contribution < -0.4 is 20.9 Å². The molecule has 0 fully saturated rings. The molecule has 0 saturated carbocycles. The van der Waals surface area contributed by atoms with Crippen molar-refractivity contribution in [2.45, 2.75) is 20.0 Å². The molecule has 1 atom stereocenters. The minimum Gasteiger partial charge on any atom is -0.478 e. The van der Waals surface area contributed by atoms with Crippen molar-refractivity contribution in [3.05, 3.63) is 29.8 Å². The van der Waals surface area contributed by atoms with E-state index in [4.69, 9.17) is 17.0 Å². The first-order valence-corrected chi connectivity index (χ1v) is 6.30. The summed E-state index contributed by atoms with van der Waals surface area (Å²) in [6, 6.07) is 2.84. The number of halogens is 2. The predicted molar refractivity (Wildman–Crippen MR) is 74.0 cm³/mol. The van der Waals surface area contributed by atoms with Crippen molar-refractivity contribution >= 4 is 23.2 Å². The Labute approximate surface area is 120 Å². The van der Waals surface area contributed by atoms with Gasteiger partial charge in [-0.3, -0.25) is 15.6 Å². The second kappa shape index (κ2) is 7.59. The molecule has 0 unspecified atom stereocenters. The quantitative estimate of drug-likeness (QED) is 0.577. The number of nitrogens with one attached hydrogen (secondary N) is 3. The lowest BCUT2D eigenvalue weighted by Gasteiger charge is -2.16. The summed E-state index contributed by atoms with van der Waals surface area (Å²) in [4.78, 5) is 11.7. The zero-order valence-corrected chi connectivity index (χ0v) is 11.8. The Balaban J connectivity index is 2.51. The molecule has 1 amide bonds. The summed E-state index contributed by atoms with van der Waals surface area (Å²) >= 11 is 4.84. The fraction of sp³-hybridized carbons (Fsp3) is 0.333. The standard InChI is InChI=1S/C12H15F2N3O2S/c1-3-15-12(20)17-16-11(18)7(2)19-10-5-4-8(13)6-9(10)14/h4-7H,3H2,1-2H3,(H,16,18)(H2,15,17,20)/t7-/m1/s1. The lowest BCUT2D eigenvalue weighted by molar-refractivity contribution is -0.127. The fourth-order valence-electron chi connectivity index (χ4n) is 1.24. The molecule has 1 aromatic carbocycles. The van der Waals surface area contributed by atoms with E-state index in [-0.39, 0.29) is 10.9 Å². The molecule has 0 bridgehead atoms. The molecule has 8 heteroatoms. The number of rotatable bonds is 4. The maximum Gasteiger partial charge on any atom is 0.279 e. The monoisotopic (exact) mass is 303 g/mol. The number of hydrogen-bond acceptors (Lipinski definition) is 3. The normalized spacial score (nSPS) is 11.4. The zero-order valence-electron chi connectivity index (χ0n) is 11.0. The van der Waals surface area contributed by atoms with Gasteiger partial charge in [0.1, 0.15) is 5.82 Å². The van der Waals surface area contributed by atoms with E-state index in [9.17, 15) is 13.6 Å². The summed E-state index contributed by atoms with van der Waals surface area (Å²) in [5.41, 5.74) is 4.76. The van der Waals surface area contributed by atoms with Gasteiger partial charge < -0.3 is 10.1 Å². The van der Waals surface area contributed by atoms with Crippen LogP contribution >= 0.6 is 12.2 Å². The van der Waals surface area contributed by atoms with E-state index >= 15 is 0 Å². The van der Waals surface area contributed by atoms with Crippen LogP contribution in [0.5, 0.6) is 5.75 Å². The highest BCUT2D eigenvalue weighted by atomic mass is 32.1. The topological polar surface area (TPSA) is 62.4 Å². The van der Waals surface area contributed by atoms with E-state index in [1.165, 1.54) is 6.92 Å². The third-order valence-corrected chi connectivity index (χ3v) is 2.45. The number of hydrogen-bond donors (Lipinski definition) is 3. The van der Waals surface area contributed by atoms with Crippen molar-refractivity contribution in [2.24, 2.45) is 0 Å². The van der Waals surface area contributed by atoms with Gasteiger partial charge >= 0.3 is 0 Å². The highest BCUT2D eigenvalue weighted by Gasteiger charge is 2.16. The van der Waals surface area contributed by atoms with E-state index in [1.54, 1.807) is 0 Å². The first-order chi connectivity index (χ1) is 9.43. The Morgan fingerprint density at radius 1 is 1.40 bits per heavy atom. The van der Waals surface area contributed by atoms with Crippen LogP contribution in [0.1, 0.15) is 13.8 Å². The number of carbonyl (C=O) groups is 1. The van der Waals surface area contributed by atoms with Crippen LogP contribution in [0.2, 0.25) is 0 Å². The molecule has 0 aliphatic heterocycles. The number of hydrazine groups is 1. The molecule has 0 spiro atoms. The van der Waals surface area contributed by atoms with Gasteiger partial charge in [-0.2, -0.15) is 0 Å². The molecule has 1 aromatic rings. The van der Waals surface area contributed by atoms with E-state index in [0.717, 1.165) is 12.1 Å². The maximum atomic E-state index is 13.3. The van der Waals surface area contributed by atoms with Crippen molar-refractivity contribution in [2.75, 3.05) is 6.54 Å². The summed E-state index contributed by atoms with van der Waals surface area (Å²) in [7, 11) is 0. The summed E-state index contributed by atoms with van der Waals surface area (Å²) < 4.78 is 31.2. The van der Waals surface area contributed by atoms with Gasteiger partial charge in [-0.05, 0) is 38.2 Å². The van der Waals surface area contributed by atoms with E-state index in [1.807, 2.05) is 6.92 Å². The maximum absolute atomic E-state index is 13.3. The second-order valence-corrected chi connectivity index (χ2v) is 4.22. The molecule has 0 heterocycles. The fourth-order valence-corrected chi connectivity index (χ4v) is 1.43. The summed E-state index contributed by atoms with van der Waals surface area (Å²) in [6.07, 6.45) is -0.980. The molecule has 0 aliphatic rings. The van der Waals surface area contributed by atoms with E-state index < -0.39 is 23.6 Å². The largest absolute Gasteiger partial charge is 0.478 e. The molecule has 0 aliphatic carbocycles. The minimum atomic E-state index is -0.980. The second-order valence-electron chi connectivity index (χ2n) is 3.81. The van der Waals surface area contributed by atoms with Crippen LogP contribution in [0.25, 0.3) is 0 Å². The number of amides is 1. The molecule has 0 aromatic heterocycles. The van der Waals surface area contributed by atoms with Crippen LogP contribution in [-0.2, 0) is 4.79 Å². The van der Waals surface area contributed by atoms with Crippen molar-refractivity contribution in [3.63, 3.8) is 0 Å². The summed E-state index contributed by atoms with van der Waals surface area (Å²) in [5.74, 6) is -2.34. The highest BCUT2D eigenvalue weighted by molar-refractivity contribution is 7.80. The van der Waals surface area contributed by atoms with Gasteiger partial charge in [-0.25, -0.2) is 8.78 Å². The zero-order chi connectivity index (χ0) is 15.1. The number of carbonyl (C=O) groups excluding carboxylic acids is 1. The molecule has 5 nitrogen and oxygen atoms in total. The third-order valence-electron chi connectivity index (χ3n) is 2.20. The van der Waals surface area contributed by atoms with Gasteiger partial charge in [0.05, 0.1) is 0 Å². The summed E-state index contributed by atoms with van der Waals surface area (Å²) in [6.45, 7) is 3.88. The van der Waals surface area contributed by atoms with Gasteiger partial charge in [0.2, 0.25) is 0 Å². The Hall–Kier alpha value is -1.96. The Kier molecular flexibility index (Phi) is 6.10. The molecular formula is C12H15F2N3O2S. The van der Waals surface area contributed by atoms with E-state index in [2.05, 4.69) is 16.2 Å². The van der Waals surface area contributed by atoms with E-state index in [0.29, 0.717) is 12.6 Å². The Bertz CT molecular complexity index is 500. The number of benzene rings is 1. The van der Waals surface area contributed by atoms with Crippen LogP contribution in [-0.4, -0.2) is 23.7 Å². The lowest BCUT2D eigenvalue weighted by atomic mass is 10.3. The van der Waals surface area contributed by atoms with Crippen LogP contribution in [0.15, 0.2) is 18.2 Å². The molecule has 20 heavy (non-hydrogen) atoms. The number of ether oxygens (including phenoxy) is 1. The molecule has 0 radical (unpaired) electrons. The van der Waals surface area contributed by atoms with Crippen molar-refractivity contribution in [1.29, 1.82) is 0 Å². The molecule has 110 valence electrons. The lowest BCUT2D eigenvalue weighted by Crippen LogP contribution is -2.50. The molecule has 1 rings (SSSR count). The molecule has 0 saturated heterocycles. The van der Waals surface area contributed by atoms with Crippen LogP contribution in [0.4, 0.5) is 8.78 Å². The highest BCUT2D eigenvalue weighted by Crippen LogP contribution is 2.18. The van der Waals surface area contributed by atoms with Gasteiger partial charge in [0.15, 0.2) is 22.8 Å². The van der Waals surface area contributed by atoms with Gasteiger partial charge in [-0.1, -0.05) is 0 Å². The van der Waals surface area contributed by atoms with Gasteiger partial charge in [0.25, 0.3) is 5.91 Å². The first kappa shape index (κ1) is 16.1. The molecule has 3 N–H and O–H groups in total. The smallest absolute Gasteiger partial charge is 0.279 e. The average Bonchev–Trinajstić information content (AvgIpc) is 2.39. The Morgan fingerprint density at radius 3 is 2.70 bits per heavy atom. The third kappa shape index (κ3) is 4.96. The minimum absolute atomic E-state index is 0.205. The number of thiocarbonyl (C=S) groups is 1. The average molecular weight is 303 g/mol. The van der Waals surface area contributed by atoms with Crippen molar-refractivity contribution < 1.29 is 18.3 Å². The van der Waals surface area contributed by atoms with Crippen molar-refractivity contribution in [3.8, 4) is 5.75 Å².